The number of carbonyl (C=O) groups excluding carboxylic acids is 2. The average Bonchev–Trinajstić information content (AvgIpc) is 2.64. The molecule has 1 aliphatic rings. The monoisotopic (exact) mass is 345 g/mol. The van der Waals surface area contributed by atoms with Crippen molar-refractivity contribution >= 4 is 11.8 Å². The maximum atomic E-state index is 12.2. The van der Waals surface area contributed by atoms with Gasteiger partial charge in [-0.1, -0.05) is 36.8 Å². The van der Waals surface area contributed by atoms with Crippen LogP contribution in [0.25, 0.3) is 0 Å². The van der Waals surface area contributed by atoms with E-state index >= 15 is 0 Å². The summed E-state index contributed by atoms with van der Waals surface area (Å²) in [6, 6.07) is 8.20. The summed E-state index contributed by atoms with van der Waals surface area (Å²) in [6.45, 7) is 7.90. The van der Waals surface area contributed by atoms with Gasteiger partial charge in [-0.3, -0.25) is 9.59 Å². The van der Waals surface area contributed by atoms with Gasteiger partial charge in [0, 0.05) is 19.5 Å². The first-order chi connectivity index (χ1) is 12.1. The number of rotatable bonds is 8. The summed E-state index contributed by atoms with van der Waals surface area (Å²) in [4.78, 5) is 26.1. The second-order valence-electron chi connectivity index (χ2n) is 6.89. The number of benzene rings is 1. The number of hydrogen-bond donors (Lipinski definition) is 2. The molecule has 1 aromatic rings. The van der Waals surface area contributed by atoms with Gasteiger partial charge in [-0.15, -0.1) is 0 Å². The van der Waals surface area contributed by atoms with E-state index in [0.717, 1.165) is 44.6 Å². The molecule has 5 nitrogen and oxygen atoms in total. The van der Waals surface area contributed by atoms with Crippen molar-refractivity contribution in [1.82, 2.24) is 15.5 Å². The molecule has 138 valence electrons. The quantitative estimate of drug-likeness (QED) is 0.756. The zero-order valence-electron chi connectivity index (χ0n) is 15.5. The molecule has 0 bridgehead atoms. The number of aryl methyl sites for hydroxylation is 2. The standard InChI is InChI=1S/C20H31N3O2/c1-3-21-14-18-10-12-23(13-11-18)20(25)15-22-19(24)9-8-17-6-4-16(2)5-7-17/h4-7,18,21H,3,8-15H2,1-2H3,(H,22,24). The summed E-state index contributed by atoms with van der Waals surface area (Å²) < 4.78 is 0. The van der Waals surface area contributed by atoms with Crippen LogP contribution in [0.2, 0.25) is 0 Å². The Morgan fingerprint density at radius 1 is 1.16 bits per heavy atom. The number of nitrogens with one attached hydrogen (secondary N) is 2. The van der Waals surface area contributed by atoms with Crippen molar-refractivity contribution in [3.63, 3.8) is 0 Å². The Labute approximate surface area is 151 Å². The molecule has 1 heterocycles. The van der Waals surface area contributed by atoms with Crippen molar-refractivity contribution in [2.24, 2.45) is 5.92 Å². The van der Waals surface area contributed by atoms with Crippen LogP contribution in [0.15, 0.2) is 24.3 Å². The third kappa shape index (κ3) is 6.86. The topological polar surface area (TPSA) is 61.4 Å². The van der Waals surface area contributed by atoms with Crippen molar-refractivity contribution in [3.8, 4) is 0 Å². The fraction of sp³-hybridized carbons (Fsp3) is 0.600. The highest BCUT2D eigenvalue weighted by molar-refractivity contribution is 5.84. The van der Waals surface area contributed by atoms with E-state index in [-0.39, 0.29) is 18.4 Å². The highest BCUT2D eigenvalue weighted by Gasteiger charge is 2.22. The van der Waals surface area contributed by atoms with E-state index < -0.39 is 0 Å². The van der Waals surface area contributed by atoms with Crippen LogP contribution in [0.5, 0.6) is 0 Å². The van der Waals surface area contributed by atoms with Crippen molar-refractivity contribution < 1.29 is 9.59 Å². The molecule has 2 amide bonds. The molecule has 0 spiro atoms. The SMILES string of the molecule is CCNCC1CCN(C(=O)CNC(=O)CCc2ccc(C)cc2)CC1. The summed E-state index contributed by atoms with van der Waals surface area (Å²) in [7, 11) is 0. The van der Waals surface area contributed by atoms with E-state index in [1.165, 1.54) is 5.56 Å². The molecule has 5 heteroatoms. The molecule has 0 unspecified atom stereocenters. The molecule has 2 rings (SSSR count). The maximum Gasteiger partial charge on any atom is 0.241 e. The Morgan fingerprint density at radius 2 is 1.84 bits per heavy atom. The largest absolute Gasteiger partial charge is 0.347 e. The smallest absolute Gasteiger partial charge is 0.241 e. The van der Waals surface area contributed by atoms with Crippen LogP contribution in [0.1, 0.15) is 37.3 Å². The zero-order valence-corrected chi connectivity index (χ0v) is 15.5. The van der Waals surface area contributed by atoms with Crippen LogP contribution in [0.3, 0.4) is 0 Å². The molecule has 0 aromatic heterocycles. The van der Waals surface area contributed by atoms with E-state index in [1.807, 2.05) is 24.0 Å². The van der Waals surface area contributed by atoms with Gasteiger partial charge in [-0.05, 0) is 50.8 Å². The Hall–Kier alpha value is -1.88. The van der Waals surface area contributed by atoms with Crippen LogP contribution in [0.4, 0.5) is 0 Å². The summed E-state index contributed by atoms with van der Waals surface area (Å²) in [6.07, 6.45) is 3.21. The average molecular weight is 345 g/mol. The first kappa shape index (κ1) is 19.4. The molecule has 1 saturated heterocycles. The first-order valence-corrected chi connectivity index (χ1v) is 9.39. The van der Waals surface area contributed by atoms with Gasteiger partial charge in [-0.25, -0.2) is 0 Å². The minimum absolute atomic E-state index is 0.0330. The molecule has 0 atom stereocenters. The first-order valence-electron chi connectivity index (χ1n) is 9.39. The Balaban J connectivity index is 1.62. The predicted molar refractivity (Wildman–Crippen MR) is 100 cm³/mol. The maximum absolute atomic E-state index is 12.2. The summed E-state index contributed by atoms with van der Waals surface area (Å²) >= 11 is 0. The highest BCUT2D eigenvalue weighted by Crippen LogP contribution is 2.16. The zero-order chi connectivity index (χ0) is 18.1. The van der Waals surface area contributed by atoms with E-state index in [2.05, 4.69) is 29.7 Å². The molecule has 2 N–H and O–H groups in total. The lowest BCUT2D eigenvalue weighted by atomic mass is 9.97. The number of nitrogens with zero attached hydrogens (tertiary/aromatic N) is 1. The Bertz CT molecular complexity index is 549. The number of amides is 2. The molecule has 0 aliphatic carbocycles. The van der Waals surface area contributed by atoms with Gasteiger partial charge >= 0.3 is 0 Å². The van der Waals surface area contributed by atoms with E-state index in [0.29, 0.717) is 18.8 Å². The van der Waals surface area contributed by atoms with Gasteiger partial charge in [0.25, 0.3) is 0 Å². The van der Waals surface area contributed by atoms with Gasteiger partial charge in [0.2, 0.25) is 11.8 Å². The van der Waals surface area contributed by atoms with Gasteiger partial charge in [0.15, 0.2) is 0 Å². The predicted octanol–water partition coefficient (Wildman–Crippen LogP) is 1.89. The molecule has 0 saturated carbocycles. The molecule has 1 fully saturated rings. The number of carbonyl (C=O) groups is 2. The van der Waals surface area contributed by atoms with Crippen molar-refractivity contribution in [3.05, 3.63) is 35.4 Å². The number of piperidine rings is 1. The Kier molecular flexibility index (Phi) is 7.92. The second-order valence-corrected chi connectivity index (χ2v) is 6.89. The van der Waals surface area contributed by atoms with Crippen LogP contribution in [-0.2, 0) is 16.0 Å². The normalized spacial score (nSPS) is 15.2. The second kappa shape index (κ2) is 10.2. The molecule has 25 heavy (non-hydrogen) atoms. The lowest BCUT2D eigenvalue weighted by Gasteiger charge is -2.32. The molecule has 1 aliphatic heterocycles. The van der Waals surface area contributed by atoms with E-state index in [1.54, 1.807) is 0 Å². The lowest BCUT2D eigenvalue weighted by molar-refractivity contribution is -0.134. The summed E-state index contributed by atoms with van der Waals surface area (Å²) in [5.41, 5.74) is 2.36. The molecule has 0 radical (unpaired) electrons. The van der Waals surface area contributed by atoms with Gasteiger partial charge in [-0.2, -0.15) is 0 Å². The van der Waals surface area contributed by atoms with E-state index in [9.17, 15) is 9.59 Å². The van der Waals surface area contributed by atoms with Gasteiger partial charge < -0.3 is 15.5 Å². The minimum atomic E-state index is -0.0593. The third-order valence-corrected chi connectivity index (χ3v) is 4.85. The molecule has 1 aromatic carbocycles. The van der Waals surface area contributed by atoms with Crippen molar-refractivity contribution in [2.45, 2.75) is 39.5 Å². The molecular formula is C20H31N3O2. The van der Waals surface area contributed by atoms with Gasteiger partial charge in [0.1, 0.15) is 0 Å². The van der Waals surface area contributed by atoms with Crippen LogP contribution in [-0.4, -0.2) is 49.4 Å². The van der Waals surface area contributed by atoms with Gasteiger partial charge in [0.05, 0.1) is 6.54 Å². The third-order valence-electron chi connectivity index (χ3n) is 4.85. The highest BCUT2D eigenvalue weighted by atomic mass is 16.2. The fourth-order valence-corrected chi connectivity index (χ4v) is 3.12. The summed E-state index contributed by atoms with van der Waals surface area (Å²) in [5, 5.41) is 6.14. The minimum Gasteiger partial charge on any atom is -0.347 e. The van der Waals surface area contributed by atoms with Crippen LogP contribution >= 0.6 is 0 Å². The van der Waals surface area contributed by atoms with Crippen molar-refractivity contribution in [2.75, 3.05) is 32.7 Å². The number of likely N-dealkylation sites (tertiary alicyclic amines) is 1. The van der Waals surface area contributed by atoms with E-state index in [4.69, 9.17) is 0 Å². The van der Waals surface area contributed by atoms with Crippen LogP contribution < -0.4 is 10.6 Å². The van der Waals surface area contributed by atoms with Crippen molar-refractivity contribution in [1.29, 1.82) is 0 Å². The van der Waals surface area contributed by atoms with Crippen LogP contribution in [0, 0.1) is 12.8 Å². The summed E-state index contributed by atoms with van der Waals surface area (Å²) in [5.74, 6) is 0.634. The molecular weight excluding hydrogens is 314 g/mol. The lowest BCUT2D eigenvalue weighted by Crippen LogP contribution is -2.45. The number of hydrogen-bond acceptors (Lipinski definition) is 3. The Morgan fingerprint density at radius 3 is 2.48 bits per heavy atom. The fourth-order valence-electron chi connectivity index (χ4n) is 3.12.